The van der Waals surface area contributed by atoms with Crippen molar-refractivity contribution in [3.8, 4) is 5.82 Å². The monoisotopic (exact) mass is 255 g/mol. The standard InChI is InChI=1S/C14H17N5/c1-10-6-7-19(17-10)14-5-4-13(15-16-14)18-9-11-2-3-12(18)8-11/h4-7,11-12H,2-3,8-9H2,1H3/t11-,12-/m1/s1. The number of anilines is 1. The van der Waals surface area contributed by atoms with Crippen LogP contribution in [0.5, 0.6) is 0 Å². The highest BCUT2D eigenvalue weighted by Gasteiger charge is 2.38. The summed E-state index contributed by atoms with van der Waals surface area (Å²) in [5, 5.41) is 13.0. The van der Waals surface area contributed by atoms with Crippen LogP contribution in [0.25, 0.3) is 5.82 Å². The largest absolute Gasteiger partial charge is 0.352 e. The lowest BCUT2D eigenvalue weighted by molar-refractivity contribution is 0.548. The van der Waals surface area contributed by atoms with Gasteiger partial charge in [-0.2, -0.15) is 5.10 Å². The summed E-state index contributed by atoms with van der Waals surface area (Å²) in [6, 6.07) is 6.73. The molecule has 2 fully saturated rings. The number of hydrogen-bond acceptors (Lipinski definition) is 4. The van der Waals surface area contributed by atoms with Crippen LogP contribution >= 0.6 is 0 Å². The number of aromatic nitrogens is 4. The Labute approximate surface area is 112 Å². The first-order chi connectivity index (χ1) is 9.29. The third-order valence-corrected chi connectivity index (χ3v) is 4.30. The van der Waals surface area contributed by atoms with Gasteiger partial charge in [0.05, 0.1) is 5.69 Å². The minimum atomic E-state index is 0.692. The number of nitrogens with zero attached hydrogens (tertiary/aromatic N) is 5. The van der Waals surface area contributed by atoms with E-state index in [0.717, 1.165) is 29.8 Å². The summed E-state index contributed by atoms with van der Waals surface area (Å²) in [5.74, 6) is 2.67. The van der Waals surface area contributed by atoms with Crippen LogP contribution in [0.2, 0.25) is 0 Å². The van der Waals surface area contributed by atoms with Crippen molar-refractivity contribution < 1.29 is 0 Å². The number of fused-ring (bicyclic) bond motifs is 2. The highest BCUT2D eigenvalue weighted by molar-refractivity contribution is 5.43. The first-order valence-corrected chi connectivity index (χ1v) is 6.92. The van der Waals surface area contributed by atoms with Gasteiger partial charge in [0.25, 0.3) is 0 Å². The zero-order chi connectivity index (χ0) is 12.8. The fraction of sp³-hybridized carbons (Fsp3) is 0.500. The molecule has 98 valence electrons. The quantitative estimate of drug-likeness (QED) is 0.823. The molecule has 2 aromatic rings. The number of aryl methyl sites for hydroxylation is 1. The Balaban J connectivity index is 1.59. The number of rotatable bonds is 2. The maximum absolute atomic E-state index is 4.38. The molecule has 0 aromatic carbocycles. The fourth-order valence-electron chi connectivity index (χ4n) is 3.34. The molecular weight excluding hydrogens is 238 g/mol. The van der Waals surface area contributed by atoms with Crippen molar-refractivity contribution >= 4 is 5.82 Å². The Hall–Kier alpha value is -1.91. The van der Waals surface area contributed by atoms with Crippen LogP contribution < -0.4 is 4.90 Å². The molecule has 5 nitrogen and oxygen atoms in total. The van der Waals surface area contributed by atoms with E-state index in [9.17, 15) is 0 Å². The van der Waals surface area contributed by atoms with Gasteiger partial charge in [-0.15, -0.1) is 10.2 Å². The van der Waals surface area contributed by atoms with Gasteiger partial charge in [-0.3, -0.25) is 0 Å². The Bertz CT molecular complexity index is 588. The molecule has 2 atom stereocenters. The van der Waals surface area contributed by atoms with Crippen molar-refractivity contribution in [2.24, 2.45) is 5.92 Å². The lowest BCUT2D eigenvalue weighted by Gasteiger charge is -2.27. The van der Waals surface area contributed by atoms with Gasteiger partial charge in [0, 0.05) is 18.8 Å². The molecule has 19 heavy (non-hydrogen) atoms. The zero-order valence-corrected chi connectivity index (χ0v) is 11.0. The van der Waals surface area contributed by atoms with Gasteiger partial charge in [-0.1, -0.05) is 0 Å². The lowest BCUT2D eigenvalue weighted by Crippen LogP contribution is -2.32. The van der Waals surface area contributed by atoms with E-state index in [2.05, 4.69) is 26.3 Å². The molecule has 2 aromatic heterocycles. The normalized spacial score (nSPS) is 25.2. The average molecular weight is 255 g/mol. The van der Waals surface area contributed by atoms with E-state index in [-0.39, 0.29) is 0 Å². The Morgan fingerprint density at radius 1 is 1.11 bits per heavy atom. The number of hydrogen-bond donors (Lipinski definition) is 0. The average Bonchev–Trinajstić information content (AvgIpc) is 3.14. The maximum Gasteiger partial charge on any atom is 0.175 e. The molecule has 0 radical (unpaired) electrons. The van der Waals surface area contributed by atoms with Crippen LogP contribution in [0.4, 0.5) is 5.82 Å². The van der Waals surface area contributed by atoms with Gasteiger partial charge in [-0.05, 0) is 50.3 Å². The summed E-state index contributed by atoms with van der Waals surface area (Å²) >= 11 is 0. The van der Waals surface area contributed by atoms with Crippen molar-refractivity contribution in [2.45, 2.75) is 32.2 Å². The van der Waals surface area contributed by atoms with Gasteiger partial charge in [0.2, 0.25) is 0 Å². The van der Waals surface area contributed by atoms with Crippen LogP contribution in [0.15, 0.2) is 24.4 Å². The van der Waals surface area contributed by atoms with Crippen LogP contribution in [0.3, 0.4) is 0 Å². The molecule has 0 N–H and O–H groups in total. The smallest absolute Gasteiger partial charge is 0.175 e. The fourth-order valence-corrected chi connectivity index (χ4v) is 3.34. The van der Waals surface area contributed by atoms with E-state index in [4.69, 9.17) is 0 Å². The summed E-state index contributed by atoms with van der Waals surface area (Å²) in [6.07, 6.45) is 5.95. The van der Waals surface area contributed by atoms with E-state index in [1.807, 2.05) is 25.3 Å². The van der Waals surface area contributed by atoms with Crippen molar-refractivity contribution in [1.29, 1.82) is 0 Å². The van der Waals surface area contributed by atoms with E-state index in [0.29, 0.717) is 6.04 Å². The molecule has 3 heterocycles. The van der Waals surface area contributed by atoms with Crippen LogP contribution in [-0.2, 0) is 0 Å². The van der Waals surface area contributed by atoms with Crippen LogP contribution in [0, 0.1) is 12.8 Å². The Morgan fingerprint density at radius 3 is 2.53 bits per heavy atom. The predicted molar refractivity (Wildman–Crippen MR) is 72.4 cm³/mol. The van der Waals surface area contributed by atoms with Crippen molar-refractivity contribution in [3.05, 3.63) is 30.1 Å². The molecule has 1 aliphatic carbocycles. The van der Waals surface area contributed by atoms with Crippen LogP contribution in [-0.4, -0.2) is 32.6 Å². The summed E-state index contributed by atoms with van der Waals surface area (Å²) in [7, 11) is 0. The summed E-state index contributed by atoms with van der Waals surface area (Å²) in [4.78, 5) is 2.42. The van der Waals surface area contributed by atoms with Crippen molar-refractivity contribution in [1.82, 2.24) is 20.0 Å². The van der Waals surface area contributed by atoms with E-state index >= 15 is 0 Å². The lowest BCUT2D eigenvalue weighted by atomic mass is 10.1. The van der Waals surface area contributed by atoms with Gasteiger partial charge >= 0.3 is 0 Å². The second-order valence-electron chi connectivity index (χ2n) is 5.64. The van der Waals surface area contributed by atoms with Gasteiger partial charge in [0.15, 0.2) is 11.6 Å². The van der Waals surface area contributed by atoms with Gasteiger partial charge < -0.3 is 4.90 Å². The predicted octanol–water partition coefficient (Wildman–Crippen LogP) is 1.96. The van der Waals surface area contributed by atoms with E-state index in [1.165, 1.54) is 19.3 Å². The molecule has 5 heteroatoms. The zero-order valence-electron chi connectivity index (χ0n) is 11.0. The molecule has 2 bridgehead atoms. The maximum atomic E-state index is 4.38. The Kier molecular flexibility index (Phi) is 2.33. The van der Waals surface area contributed by atoms with E-state index < -0.39 is 0 Å². The topological polar surface area (TPSA) is 46.8 Å². The highest BCUT2D eigenvalue weighted by Crippen LogP contribution is 2.39. The third kappa shape index (κ3) is 1.80. The molecular formula is C14H17N5. The van der Waals surface area contributed by atoms with Gasteiger partial charge in [0.1, 0.15) is 0 Å². The number of piperidine rings is 1. The first kappa shape index (κ1) is 11.0. The third-order valence-electron chi connectivity index (χ3n) is 4.30. The SMILES string of the molecule is Cc1ccn(-c2ccc(N3C[C@@H]4CC[C@@H]3C4)nn2)n1. The molecule has 0 unspecified atom stereocenters. The second kappa shape index (κ2) is 4.05. The summed E-state index contributed by atoms with van der Waals surface area (Å²) < 4.78 is 1.77. The van der Waals surface area contributed by atoms with Crippen LogP contribution in [0.1, 0.15) is 25.0 Å². The van der Waals surface area contributed by atoms with Crippen molar-refractivity contribution in [2.75, 3.05) is 11.4 Å². The first-order valence-electron chi connectivity index (χ1n) is 6.92. The summed E-state index contributed by atoms with van der Waals surface area (Å²) in [5.41, 5.74) is 0.989. The molecule has 1 saturated carbocycles. The minimum absolute atomic E-state index is 0.692. The molecule has 2 aliphatic rings. The molecule has 1 saturated heterocycles. The van der Waals surface area contributed by atoms with Crippen molar-refractivity contribution in [3.63, 3.8) is 0 Å². The van der Waals surface area contributed by atoms with Gasteiger partial charge in [-0.25, -0.2) is 4.68 Å². The summed E-state index contributed by atoms with van der Waals surface area (Å²) in [6.45, 7) is 3.12. The minimum Gasteiger partial charge on any atom is -0.352 e. The molecule has 1 aliphatic heterocycles. The molecule has 4 rings (SSSR count). The second-order valence-corrected chi connectivity index (χ2v) is 5.64. The molecule has 0 spiro atoms. The molecule has 0 amide bonds. The highest BCUT2D eigenvalue weighted by atomic mass is 15.4. The van der Waals surface area contributed by atoms with E-state index in [1.54, 1.807) is 4.68 Å². The Morgan fingerprint density at radius 2 is 1.95 bits per heavy atom.